The molecule has 3 rings (SSSR count). The van der Waals surface area contributed by atoms with Crippen LogP contribution in [0.3, 0.4) is 0 Å². The first-order valence-electron chi connectivity index (χ1n) is 11.0. The van der Waals surface area contributed by atoms with Gasteiger partial charge in [-0.2, -0.15) is 0 Å². The van der Waals surface area contributed by atoms with Gasteiger partial charge in [-0.3, -0.25) is 14.8 Å². The number of likely N-dealkylation sites (tertiary alicyclic amines) is 2. The zero-order valence-corrected chi connectivity index (χ0v) is 21.7. The number of piperidine rings is 2. The van der Waals surface area contributed by atoms with Crippen LogP contribution in [0.1, 0.15) is 56.9 Å². The van der Waals surface area contributed by atoms with Gasteiger partial charge >= 0.3 is 0 Å². The van der Waals surface area contributed by atoms with Crippen LogP contribution in [0.4, 0.5) is 0 Å². The van der Waals surface area contributed by atoms with E-state index in [0.29, 0.717) is 24.0 Å². The van der Waals surface area contributed by atoms with Gasteiger partial charge in [-0.15, -0.1) is 35.3 Å². The number of thiophene rings is 1. The molecule has 7 heteroatoms. The molecule has 0 bridgehead atoms. The lowest BCUT2D eigenvalue weighted by Crippen LogP contribution is -2.51. The zero-order valence-electron chi connectivity index (χ0n) is 18.6. The van der Waals surface area contributed by atoms with Gasteiger partial charge in [-0.05, 0) is 77.0 Å². The van der Waals surface area contributed by atoms with Gasteiger partial charge in [0.15, 0.2) is 5.96 Å². The van der Waals surface area contributed by atoms with Crippen LogP contribution >= 0.6 is 35.3 Å². The lowest BCUT2D eigenvalue weighted by Gasteiger charge is -2.39. The summed E-state index contributed by atoms with van der Waals surface area (Å²) in [6, 6.07) is 6.22. The molecule has 0 aromatic carbocycles. The molecular formula is C22H40IN5S. The summed E-state index contributed by atoms with van der Waals surface area (Å²) in [6.07, 6.45) is 6.60. The number of nitrogens with one attached hydrogen (secondary N) is 2. The van der Waals surface area contributed by atoms with Crippen molar-refractivity contribution in [1.82, 2.24) is 20.4 Å². The lowest BCUT2D eigenvalue weighted by molar-refractivity contribution is 0.115. The molecule has 2 aliphatic rings. The van der Waals surface area contributed by atoms with Crippen molar-refractivity contribution in [1.29, 1.82) is 0 Å². The summed E-state index contributed by atoms with van der Waals surface area (Å²) in [7, 11) is 4.15. The van der Waals surface area contributed by atoms with Gasteiger partial charge in [-0.1, -0.05) is 12.5 Å². The number of hydrogen-bond donors (Lipinski definition) is 2. The molecule has 2 aliphatic heterocycles. The molecule has 0 spiro atoms. The van der Waals surface area contributed by atoms with Crippen LogP contribution in [0.25, 0.3) is 0 Å². The minimum atomic E-state index is 0. The van der Waals surface area contributed by atoms with Crippen molar-refractivity contribution in [2.45, 2.75) is 64.1 Å². The lowest BCUT2D eigenvalue weighted by atomic mass is 9.88. The molecule has 0 aliphatic carbocycles. The number of nitrogens with zero attached hydrogens (tertiary/aromatic N) is 3. The van der Waals surface area contributed by atoms with Crippen LogP contribution in [-0.4, -0.2) is 68.1 Å². The van der Waals surface area contributed by atoms with Crippen molar-refractivity contribution in [3.63, 3.8) is 0 Å². The van der Waals surface area contributed by atoms with Crippen LogP contribution in [0.5, 0.6) is 0 Å². The average Bonchev–Trinajstić information content (AvgIpc) is 3.22. The van der Waals surface area contributed by atoms with Gasteiger partial charge in [0.1, 0.15) is 0 Å². The second-order valence-corrected chi connectivity index (χ2v) is 9.59. The Morgan fingerprint density at radius 1 is 1.24 bits per heavy atom. The van der Waals surface area contributed by atoms with Crippen LogP contribution in [0, 0.1) is 5.92 Å². The average molecular weight is 534 g/mol. The van der Waals surface area contributed by atoms with E-state index in [9.17, 15) is 0 Å². The highest BCUT2D eigenvalue weighted by molar-refractivity contribution is 14.0. The van der Waals surface area contributed by atoms with Crippen molar-refractivity contribution in [3.8, 4) is 0 Å². The quantitative estimate of drug-likeness (QED) is 0.327. The van der Waals surface area contributed by atoms with E-state index < -0.39 is 0 Å². The Kier molecular flexibility index (Phi) is 10.7. The maximum Gasteiger partial charge on any atom is 0.191 e. The summed E-state index contributed by atoms with van der Waals surface area (Å²) >= 11 is 1.89. The molecular weight excluding hydrogens is 493 g/mol. The number of rotatable bonds is 6. The van der Waals surface area contributed by atoms with Gasteiger partial charge < -0.3 is 10.6 Å². The second-order valence-electron chi connectivity index (χ2n) is 8.61. The standard InChI is InChI=1S/C22H39N5S.HI/c1-17-9-5-6-13-27(17)18(2)15-24-22(23-3)25-16-19-10-7-12-26(4)21(19)20-11-8-14-28-20;/h8,11,14,17-19,21H,5-7,9-10,12-13,15-16H2,1-4H3,(H2,23,24,25);1H. The Balaban J connectivity index is 0.00000300. The normalized spacial score (nSPS) is 27.9. The summed E-state index contributed by atoms with van der Waals surface area (Å²) in [5.41, 5.74) is 0. The van der Waals surface area contributed by atoms with E-state index in [4.69, 9.17) is 0 Å². The number of aliphatic imine (C=N–C) groups is 1. The molecule has 4 atom stereocenters. The number of halogens is 1. The second kappa shape index (κ2) is 12.5. The third-order valence-corrected chi connectivity index (χ3v) is 7.53. The van der Waals surface area contributed by atoms with E-state index >= 15 is 0 Å². The van der Waals surface area contributed by atoms with E-state index in [2.05, 4.69) is 63.8 Å². The smallest absolute Gasteiger partial charge is 0.191 e. The molecule has 2 fully saturated rings. The van der Waals surface area contributed by atoms with Crippen LogP contribution in [0.2, 0.25) is 0 Å². The Bertz CT molecular complexity index is 608. The molecule has 4 unspecified atom stereocenters. The summed E-state index contributed by atoms with van der Waals surface area (Å²) in [6.45, 7) is 9.05. The maximum absolute atomic E-state index is 4.48. The Morgan fingerprint density at radius 3 is 2.76 bits per heavy atom. The first-order chi connectivity index (χ1) is 13.6. The van der Waals surface area contributed by atoms with Gasteiger partial charge in [0.2, 0.25) is 0 Å². The number of guanidine groups is 1. The molecule has 5 nitrogen and oxygen atoms in total. The van der Waals surface area contributed by atoms with Gasteiger partial charge in [0.05, 0.1) is 0 Å². The van der Waals surface area contributed by atoms with Crippen molar-refractivity contribution in [2.75, 3.05) is 40.3 Å². The summed E-state index contributed by atoms with van der Waals surface area (Å²) < 4.78 is 0. The van der Waals surface area contributed by atoms with E-state index in [-0.39, 0.29) is 24.0 Å². The van der Waals surface area contributed by atoms with Crippen molar-refractivity contribution >= 4 is 41.3 Å². The Morgan fingerprint density at radius 2 is 2.07 bits per heavy atom. The van der Waals surface area contributed by atoms with Crippen molar-refractivity contribution < 1.29 is 0 Å². The third kappa shape index (κ3) is 6.80. The zero-order chi connectivity index (χ0) is 19.9. The molecule has 166 valence electrons. The summed E-state index contributed by atoms with van der Waals surface area (Å²) in [4.78, 5) is 11.1. The minimum Gasteiger partial charge on any atom is -0.356 e. The van der Waals surface area contributed by atoms with Crippen LogP contribution in [-0.2, 0) is 0 Å². The highest BCUT2D eigenvalue weighted by Crippen LogP contribution is 2.36. The van der Waals surface area contributed by atoms with Gasteiger partial charge in [0, 0.05) is 43.1 Å². The Labute approximate surface area is 198 Å². The predicted octanol–water partition coefficient (Wildman–Crippen LogP) is 4.18. The van der Waals surface area contributed by atoms with Crippen LogP contribution < -0.4 is 10.6 Å². The maximum atomic E-state index is 4.48. The van der Waals surface area contributed by atoms with E-state index in [0.717, 1.165) is 19.0 Å². The van der Waals surface area contributed by atoms with Gasteiger partial charge in [-0.25, -0.2) is 0 Å². The Hall–Kier alpha value is -0.380. The van der Waals surface area contributed by atoms with Crippen molar-refractivity contribution in [2.24, 2.45) is 10.9 Å². The molecule has 0 saturated carbocycles. The number of hydrogen-bond acceptors (Lipinski definition) is 4. The van der Waals surface area contributed by atoms with Crippen molar-refractivity contribution in [3.05, 3.63) is 22.4 Å². The fourth-order valence-corrected chi connectivity index (χ4v) is 5.95. The molecule has 2 saturated heterocycles. The molecule has 1 aromatic heterocycles. The predicted molar refractivity (Wildman–Crippen MR) is 137 cm³/mol. The SMILES string of the molecule is CN=C(NCC1CCCN(C)C1c1cccs1)NCC(C)N1CCCCC1C.I. The summed E-state index contributed by atoms with van der Waals surface area (Å²) in [5, 5.41) is 9.39. The molecule has 0 amide bonds. The largest absolute Gasteiger partial charge is 0.356 e. The third-order valence-electron chi connectivity index (χ3n) is 6.58. The molecule has 1 aromatic rings. The van der Waals surface area contributed by atoms with Crippen LogP contribution in [0.15, 0.2) is 22.5 Å². The first kappa shape index (κ1) is 24.9. The molecule has 0 radical (unpaired) electrons. The molecule has 2 N–H and O–H groups in total. The molecule has 3 heterocycles. The topological polar surface area (TPSA) is 42.9 Å². The fraction of sp³-hybridized carbons (Fsp3) is 0.773. The fourth-order valence-electron chi connectivity index (χ4n) is 4.97. The highest BCUT2D eigenvalue weighted by atomic mass is 127. The van der Waals surface area contributed by atoms with E-state index in [1.165, 1.54) is 50.1 Å². The van der Waals surface area contributed by atoms with Gasteiger partial charge in [0.25, 0.3) is 0 Å². The first-order valence-corrected chi connectivity index (χ1v) is 11.9. The molecule has 29 heavy (non-hydrogen) atoms. The van der Waals surface area contributed by atoms with E-state index in [1.54, 1.807) is 0 Å². The van der Waals surface area contributed by atoms with E-state index in [1.807, 2.05) is 18.4 Å². The highest BCUT2D eigenvalue weighted by Gasteiger charge is 2.31. The summed E-state index contributed by atoms with van der Waals surface area (Å²) in [5.74, 6) is 1.56. The monoisotopic (exact) mass is 533 g/mol. The minimum absolute atomic E-state index is 0.